The molecule has 98 valence electrons. The van der Waals surface area contributed by atoms with Gasteiger partial charge in [-0.05, 0) is 24.5 Å². The third-order valence-corrected chi connectivity index (χ3v) is 3.38. The van der Waals surface area contributed by atoms with E-state index in [0.29, 0.717) is 18.8 Å². The summed E-state index contributed by atoms with van der Waals surface area (Å²) in [4.78, 5) is 13.6. The fourth-order valence-electron chi connectivity index (χ4n) is 2.03. The summed E-state index contributed by atoms with van der Waals surface area (Å²) >= 11 is 0. The van der Waals surface area contributed by atoms with Crippen molar-refractivity contribution in [3.63, 3.8) is 0 Å². The number of para-hydroxylation sites is 1. The van der Waals surface area contributed by atoms with Gasteiger partial charge in [-0.2, -0.15) is 0 Å². The van der Waals surface area contributed by atoms with Gasteiger partial charge in [-0.15, -0.1) is 0 Å². The number of aliphatic hydroxyl groups excluding tert-OH is 1. The molecular formula is C14H19NO3. The van der Waals surface area contributed by atoms with Crippen molar-refractivity contribution in [1.82, 2.24) is 4.90 Å². The predicted molar refractivity (Wildman–Crippen MR) is 68.3 cm³/mol. The Morgan fingerprint density at radius 2 is 2.17 bits per heavy atom. The Bertz CT molecular complexity index is 393. The van der Waals surface area contributed by atoms with Crippen LogP contribution in [0, 0.1) is 5.92 Å². The Labute approximate surface area is 107 Å². The van der Waals surface area contributed by atoms with Crippen LogP contribution >= 0.6 is 0 Å². The van der Waals surface area contributed by atoms with E-state index in [2.05, 4.69) is 0 Å². The molecule has 1 saturated heterocycles. The molecule has 1 heterocycles. The topological polar surface area (TPSA) is 49.8 Å². The van der Waals surface area contributed by atoms with E-state index in [4.69, 9.17) is 4.74 Å². The fourth-order valence-corrected chi connectivity index (χ4v) is 2.03. The maximum absolute atomic E-state index is 11.9. The van der Waals surface area contributed by atoms with E-state index in [-0.39, 0.29) is 18.4 Å². The van der Waals surface area contributed by atoms with Crippen LogP contribution in [0.4, 0.5) is 0 Å². The number of piperidine rings is 1. The number of benzene rings is 1. The molecule has 18 heavy (non-hydrogen) atoms. The van der Waals surface area contributed by atoms with Gasteiger partial charge in [0.1, 0.15) is 5.75 Å². The Kier molecular flexibility index (Phi) is 4.20. The molecule has 1 N–H and O–H groups in total. The first-order valence-electron chi connectivity index (χ1n) is 6.30. The first kappa shape index (κ1) is 12.9. The lowest BCUT2D eigenvalue weighted by molar-refractivity contribution is -0.137. The lowest BCUT2D eigenvalue weighted by Gasteiger charge is -2.34. The van der Waals surface area contributed by atoms with Crippen LogP contribution in [0.5, 0.6) is 5.75 Å². The number of hydrogen-bond donors (Lipinski definition) is 1. The monoisotopic (exact) mass is 249 g/mol. The van der Waals surface area contributed by atoms with Crippen LogP contribution < -0.4 is 4.74 Å². The number of hydrogen-bond acceptors (Lipinski definition) is 3. The first-order valence-corrected chi connectivity index (χ1v) is 6.30. The molecule has 0 aliphatic carbocycles. The Morgan fingerprint density at radius 3 is 2.83 bits per heavy atom. The molecular weight excluding hydrogens is 230 g/mol. The van der Waals surface area contributed by atoms with E-state index in [0.717, 1.165) is 6.42 Å². The standard InChI is InChI=1S/C14H19NO3/c1-11-7-8-15(9-13(11)16)14(17)10-18-12-5-3-2-4-6-12/h2-6,11,13,16H,7-10H2,1H3. The van der Waals surface area contributed by atoms with Crippen LogP contribution in [0.15, 0.2) is 30.3 Å². The second kappa shape index (κ2) is 5.87. The van der Waals surface area contributed by atoms with E-state index in [1.54, 1.807) is 4.90 Å². The van der Waals surface area contributed by atoms with Crippen molar-refractivity contribution in [2.75, 3.05) is 19.7 Å². The lowest BCUT2D eigenvalue weighted by atomic mass is 9.96. The average Bonchev–Trinajstić information content (AvgIpc) is 2.40. The second-order valence-electron chi connectivity index (χ2n) is 4.77. The van der Waals surface area contributed by atoms with Gasteiger partial charge in [0.2, 0.25) is 0 Å². The van der Waals surface area contributed by atoms with Crippen molar-refractivity contribution < 1.29 is 14.6 Å². The van der Waals surface area contributed by atoms with Crippen LogP contribution in [-0.4, -0.2) is 41.7 Å². The van der Waals surface area contributed by atoms with Crippen molar-refractivity contribution >= 4 is 5.91 Å². The summed E-state index contributed by atoms with van der Waals surface area (Å²) in [6.07, 6.45) is 0.428. The van der Waals surface area contributed by atoms with Gasteiger partial charge in [0, 0.05) is 13.1 Å². The molecule has 4 nitrogen and oxygen atoms in total. The molecule has 0 aromatic heterocycles. The maximum atomic E-state index is 11.9. The highest BCUT2D eigenvalue weighted by molar-refractivity contribution is 5.77. The summed E-state index contributed by atoms with van der Waals surface area (Å²) in [5.41, 5.74) is 0. The van der Waals surface area contributed by atoms with Gasteiger partial charge < -0.3 is 14.7 Å². The zero-order valence-corrected chi connectivity index (χ0v) is 10.6. The third-order valence-electron chi connectivity index (χ3n) is 3.38. The van der Waals surface area contributed by atoms with E-state index in [9.17, 15) is 9.90 Å². The molecule has 0 spiro atoms. The predicted octanol–water partition coefficient (Wildman–Crippen LogP) is 1.29. The van der Waals surface area contributed by atoms with Gasteiger partial charge in [-0.25, -0.2) is 0 Å². The van der Waals surface area contributed by atoms with Gasteiger partial charge in [-0.1, -0.05) is 25.1 Å². The molecule has 0 saturated carbocycles. The van der Waals surface area contributed by atoms with Crippen LogP contribution in [0.3, 0.4) is 0 Å². The lowest BCUT2D eigenvalue weighted by Crippen LogP contribution is -2.47. The zero-order chi connectivity index (χ0) is 13.0. The number of amides is 1. The highest BCUT2D eigenvalue weighted by Crippen LogP contribution is 2.17. The Morgan fingerprint density at radius 1 is 1.44 bits per heavy atom. The third kappa shape index (κ3) is 3.23. The number of carbonyl (C=O) groups is 1. The van der Waals surface area contributed by atoms with Crippen molar-refractivity contribution in [2.45, 2.75) is 19.4 Å². The molecule has 2 unspecified atom stereocenters. The fraction of sp³-hybridized carbons (Fsp3) is 0.500. The van der Waals surface area contributed by atoms with Gasteiger partial charge in [0.15, 0.2) is 6.61 Å². The van der Waals surface area contributed by atoms with E-state index < -0.39 is 6.10 Å². The Balaban J connectivity index is 1.82. The highest BCUT2D eigenvalue weighted by atomic mass is 16.5. The molecule has 1 aliphatic heterocycles. The minimum atomic E-state index is -0.417. The first-order chi connectivity index (χ1) is 8.66. The zero-order valence-electron chi connectivity index (χ0n) is 10.6. The number of ether oxygens (including phenoxy) is 1. The quantitative estimate of drug-likeness (QED) is 0.878. The van der Waals surface area contributed by atoms with E-state index >= 15 is 0 Å². The number of aliphatic hydroxyl groups is 1. The average molecular weight is 249 g/mol. The number of β-amino-alcohol motifs (C(OH)–C–C–N with tert-alkyl or cyclic N) is 1. The summed E-state index contributed by atoms with van der Waals surface area (Å²) in [5.74, 6) is 0.894. The van der Waals surface area contributed by atoms with Gasteiger partial charge in [0.25, 0.3) is 5.91 Å². The summed E-state index contributed by atoms with van der Waals surface area (Å²) in [6.45, 7) is 3.16. The molecule has 1 aromatic rings. The molecule has 0 bridgehead atoms. The van der Waals surface area contributed by atoms with Crippen LogP contribution in [0.25, 0.3) is 0 Å². The molecule has 1 amide bonds. The molecule has 1 aliphatic rings. The van der Waals surface area contributed by atoms with E-state index in [1.165, 1.54) is 0 Å². The molecule has 1 fully saturated rings. The van der Waals surface area contributed by atoms with Crippen LogP contribution in [-0.2, 0) is 4.79 Å². The van der Waals surface area contributed by atoms with Gasteiger partial charge >= 0.3 is 0 Å². The molecule has 4 heteroatoms. The molecule has 2 atom stereocenters. The largest absolute Gasteiger partial charge is 0.484 e. The second-order valence-corrected chi connectivity index (χ2v) is 4.77. The van der Waals surface area contributed by atoms with Crippen LogP contribution in [0.2, 0.25) is 0 Å². The van der Waals surface area contributed by atoms with Crippen molar-refractivity contribution in [3.8, 4) is 5.75 Å². The molecule has 2 rings (SSSR count). The number of likely N-dealkylation sites (tertiary alicyclic amines) is 1. The molecule has 1 aromatic carbocycles. The van der Waals surface area contributed by atoms with Gasteiger partial charge in [-0.3, -0.25) is 4.79 Å². The molecule has 0 radical (unpaired) electrons. The minimum absolute atomic E-state index is 0.0329. The van der Waals surface area contributed by atoms with Crippen LogP contribution in [0.1, 0.15) is 13.3 Å². The highest BCUT2D eigenvalue weighted by Gasteiger charge is 2.27. The maximum Gasteiger partial charge on any atom is 0.260 e. The SMILES string of the molecule is CC1CCN(C(=O)COc2ccccc2)CC1O. The minimum Gasteiger partial charge on any atom is -0.484 e. The summed E-state index contributed by atoms with van der Waals surface area (Å²) in [6, 6.07) is 9.27. The summed E-state index contributed by atoms with van der Waals surface area (Å²) < 4.78 is 5.41. The smallest absolute Gasteiger partial charge is 0.260 e. The van der Waals surface area contributed by atoms with E-state index in [1.807, 2.05) is 37.3 Å². The van der Waals surface area contributed by atoms with Gasteiger partial charge in [0.05, 0.1) is 6.10 Å². The van der Waals surface area contributed by atoms with Crippen molar-refractivity contribution in [2.24, 2.45) is 5.92 Å². The van der Waals surface area contributed by atoms with Crippen molar-refractivity contribution in [1.29, 1.82) is 0 Å². The van der Waals surface area contributed by atoms with Crippen molar-refractivity contribution in [3.05, 3.63) is 30.3 Å². The normalized spacial score (nSPS) is 23.8. The summed E-state index contributed by atoms with van der Waals surface area (Å²) in [5, 5.41) is 9.75. The number of carbonyl (C=O) groups excluding carboxylic acids is 1. The number of rotatable bonds is 3. The summed E-state index contributed by atoms with van der Waals surface area (Å²) in [7, 11) is 0. The number of nitrogens with zero attached hydrogens (tertiary/aromatic N) is 1. The Hall–Kier alpha value is -1.55.